The number of benzene rings is 1. The van der Waals surface area contributed by atoms with Gasteiger partial charge in [0.15, 0.2) is 0 Å². The molecule has 1 amide bonds. The van der Waals surface area contributed by atoms with Gasteiger partial charge >= 0.3 is 12.3 Å². The first kappa shape index (κ1) is 14.4. The van der Waals surface area contributed by atoms with Crippen molar-refractivity contribution < 1.29 is 23.1 Å². The molecule has 0 unspecified atom stereocenters. The van der Waals surface area contributed by atoms with Gasteiger partial charge in [-0.05, 0) is 24.5 Å². The molecule has 1 aromatic carbocycles. The fraction of sp³-hybridized carbons (Fsp3) is 0.357. The molecule has 0 radical (unpaired) electrons. The summed E-state index contributed by atoms with van der Waals surface area (Å²) in [6.45, 7) is 0.657. The number of halogens is 3. The minimum Gasteiger partial charge on any atom is -0.465 e. The standard InChI is InChI=1S/C14H14F3NO2/c15-14(16,17)12-4-2-1-3-11(12)9-10-5-7-18(8-6-10)13(19)20/h1-4,9H,5-8H2,(H,19,20). The van der Waals surface area contributed by atoms with Crippen LogP contribution >= 0.6 is 0 Å². The predicted octanol–water partition coefficient (Wildman–Crippen LogP) is 3.86. The Morgan fingerprint density at radius 1 is 1.20 bits per heavy atom. The van der Waals surface area contributed by atoms with Gasteiger partial charge in [0.1, 0.15) is 0 Å². The Hall–Kier alpha value is -1.98. The van der Waals surface area contributed by atoms with E-state index in [1.165, 1.54) is 23.1 Å². The minimum atomic E-state index is -4.38. The Bertz CT molecular complexity index is 527. The van der Waals surface area contributed by atoms with Crippen LogP contribution in [0, 0.1) is 0 Å². The summed E-state index contributed by atoms with van der Waals surface area (Å²) in [7, 11) is 0. The van der Waals surface area contributed by atoms with E-state index < -0.39 is 17.8 Å². The minimum absolute atomic E-state index is 0.138. The third kappa shape index (κ3) is 3.31. The van der Waals surface area contributed by atoms with Crippen LogP contribution in [0.25, 0.3) is 6.08 Å². The van der Waals surface area contributed by atoms with E-state index in [1.54, 1.807) is 6.07 Å². The van der Waals surface area contributed by atoms with Gasteiger partial charge in [0.05, 0.1) is 5.56 Å². The number of carboxylic acid groups (broad SMARTS) is 1. The smallest absolute Gasteiger partial charge is 0.416 e. The van der Waals surface area contributed by atoms with Crippen molar-refractivity contribution in [1.29, 1.82) is 0 Å². The predicted molar refractivity (Wildman–Crippen MR) is 68.3 cm³/mol. The highest BCUT2D eigenvalue weighted by atomic mass is 19.4. The molecule has 6 heteroatoms. The lowest BCUT2D eigenvalue weighted by Crippen LogP contribution is -2.35. The van der Waals surface area contributed by atoms with Crippen LogP contribution in [0.4, 0.5) is 18.0 Å². The molecule has 0 spiro atoms. The average molecular weight is 285 g/mol. The first-order valence-electron chi connectivity index (χ1n) is 6.21. The van der Waals surface area contributed by atoms with Crippen molar-refractivity contribution in [3.63, 3.8) is 0 Å². The van der Waals surface area contributed by atoms with Crippen LogP contribution in [0.1, 0.15) is 24.0 Å². The van der Waals surface area contributed by atoms with Crippen LogP contribution in [-0.2, 0) is 6.18 Å². The third-order valence-corrected chi connectivity index (χ3v) is 3.30. The van der Waals surface area contributed by atoms with Gasteiger partial charge in [-0.25, -0.2) is 4.79 Å². The maximum absolute atomic E-state index is 12.9. The highest BCUT2D eigenvalue weighted by Crippen LogP contribution is 2.33. The summed E-state index contributed by atoms with van der Waals surface area (Å²) in [5.74, 6) is 0. The SMILES string of the molecule is O=C(O)N1CCC(=Cc2ccccc2C(F)(F)F)CC1. The zero-order valence-electron chi connectivity index (χ0n) is 10.7. The fourth-order valence-electron chi connectivity index (χ4n) is 2.23. The summed E-state index contributed by atoms with van der Waals surface area (Å²) in [4.78, 5) is 12.0. The Kier molecular flexibility index (Phi) is 4.01. The van der Waals surface area contributed by atoms with Gasteiger partial charge in [-0.15, -0.1) is 0 Å². The van der Waals surface area contributed by atoms with Gasteiger partial charge < -0.3 is 10.0 Å². The zero-order chi connectivity index (χ0) is 14.8. The van der Waals surface area contributed by atoms with E-state index in [1.807, 2.05) is 0 Å². The molecule has 0 saturated carbocycles. The van der Waals surface area contributed by atoms with Crippen LogP contribution in [-0.4, -0.2) is 29.2 Å². The normalized spacial score (nSPS) is 16.1. The molecule has 3 nitrogen and oxygen atoms in total. The first-order chi connectivity index (χ1) is 9.38. The van der Waals surface area contributed by atoms with Crippen LogP contribution in [0.2, 0.25) is 0 Å². The Morgan fingerprint density at radius 3 is 2.35 bits per heavy atom. The molecule has 1 aliphatic rings. The Morgan fingerprint density at radius 2 is 1.80 bits per heavy atom. The Labute approximate surface area is 114 Å². The molecule has 0 bridgehead atoms. The summed E-state index contributed by atoms with van der Waals surface area (Å²) in [5.41, 5.74) is 0.325. The summed E-state index contributed by atoms with van der Waals surface area (Å²) in [6.07, 6.45) is -2.89. The Balaban J connectivity index is 2.19. The van der Waals surface area contributed by atoms with Gasteiger partial charge in [0, 0.05) is 13.1 Å². The molecule has 1 aliphatic heterocycles. The molecule has 1 N–H and O–H groups in total. The summed E-state index contributed by atoms with van der Waals surface area (Å²) in [5, 5.41) is 8.82. The molecule has 20 heavy (non-hydrogen) atoms. The molecule has 1 saturated heterocycles. The topological polar surface area (TPSA) is 40.5 Å². The number of nitrogens with zero attached hydrogens (tertiary/aromatic N) is 1. The molecular weight excluding hydrogens is 271 g/mol. The van der Waals surface area contributed by atoms with E-state index in [-0.39, 0.29) is 5.56 Å². The second-order valence-corrected chi connectivity index (χ2v) is 4.66. The number of likely N-dealkylation sites (tertiary alicyclic amines) is 1. The largest absolute Gasteiger partial charge is 0.465 e. The maximum Gasteiger partial charge on any atom is 0.416 e. The maximum atomic E-state index is 12.9. The van der Waals surface area contributed by atoms with Crippen molar-refractivity contribution in [2.45, 2.75) is 19.0 Å². The van der Waals surface area contributed by atoms with Gasteiger partial charge in [0.25, 0.3) is 0 Å². The van der Waals surface area contributed by atoms with E-state index >= 15 is 0 Å². The van der Waals surface area contributed by atoms with Gasteiger partial charge in [-0.1, -0.05) is 29.8 Å². The zero-order valence-corrected chi connectivity index (χ0v) is 10.7. The third-order valence-electron chi connectivity index (χ3n) is 3.30. The van der Waals surface area contributed by atoms with E-state index in [9.17, 15) is 18.0 Å². The van der Waals surface area contributed by atoms with E-state index in [0.717, 1.165) is 11.6 Å². The number of hydrogen-bond donors (Lipinski definition) is 1. The van der Waals surface area contributed by atoms with Crippen molar-refractivity contribution in [2.24, 2.45) is 0 Å². The van der Waals surface area contributed by atoms with Crippen LogP contribution in [0.3, 0.4) is 0 Å². The lowest BCUT2D eigenvalue weighted by Gasteiger charge is -2.26. The van der Waals surface area contributed by atoms with Crippen LogP contribution < -0.4 is 0 Å². The number of alkyl halides is 3. The van der Waals surface area contributed by atoms with Crippen LogP contribution in [0.15, 0.2) is 29.8 Å². The highest BCUT2D eigenvalue weighted by molar-refractivity contribution is 5.66. The second kappa shape index (κ2) is 5.56. The lowest BCUT2D eigenvalue weighted by atomic mass is 9.98. The molecule has 1 fully saturated rings. The van der Waals surface area contributed by atoms with Crippen molar-refractivity contribution in [1.82, 2.24) is 4.90 Å². The monoisotopic (exact) mass is 285 g/mol. The van der Waals surface area contributed by atoms with Crippen molar-refractivity contribution >= 4 is 12.2 Å². The molecule has 1 heterocycles. The van der Waals surface area contributed by atoms with Crippen molar-refractivity contribution in [3.8, 4) is 0 Å². The van der Waals surface area contributed by atoms with Crippen molar-refractivity contribution in [2.75, 3.05) is 13.1 Å². The summed E-state index contributed by atoms with van der Waals surface area (Å²) >= 11 is 0. The highest BCUT2D eigenvalue weighted by Gasteiger charge is 2.32. The van der Waals surface area contributed by atoms with E-state index in [2.05, 4.69) is 0 Å². The molecule has 108 valence electrons. The number of hydrogen-bond acceptors (Lipinski definition) is 1. The van der Waals surface area contributed by atoms with Crippen molar-refractivity contribution in [3.05, 3.63) is 41.0 Å². The van der Waals surface area contributed by atoms with Gasteiger partial charge in [0.2, 0.25) is 0 Å². The summed E-state index contributed by atoms with van der Waals surface area (Å²) < 4.78 is 38.6. The second-order valence-electron chi connectivity index (χ2n) is 4.66. The van der Waals surface area contributed by atoms with E-state index in [0.29, 0.717) is 25.9 Å². The molecule has 2 rings (SSSR count). The molecule has 1 aromatic rings. The number of amides is 1. The summed E-state index contributed by atoms with van der Waals surface area (Å²) in [6, 6.07) is 5.41. The quantitative estimate of drug-likeness (QED) is 0.851. The number of rotatable bonds is 1. The molecule has 0 aromatic heterocycles. The lowest BCUT2D eigenvalue weighted by molar-refractivity contribution is -0.137. The van der Waals surface area contributed by atoms with E-state index in [4.69, 9.17) is 5.11 Å². The molecular formula is C14H14F3NO2. The number of piperidine rings is 1. The average Bonchev–Trinajstić information content (AvgIpc) is 2.38. The number of carbonyl (C=O) groups is 1. The van der Waals surface area contributed by atoms with Gasteiger partial charge in [-0.3, -0.25) is 0 Å². The first-order valence-corrected chi connectivity index (χ1v) is 6.21. The van der Waals surface area contributed by atoms with Crippen LogP contribution in [0.5, 0.6) is 0 Å². The molecule has 0 atom stereocenters. The van der Waals surface area contributed by atoms with Gasteiger partial charge in [-0.2, -0.15) is 13.2 Å². The fourth-order valence-corrected chi connectivity index (χ4v) is 2.23. The molecule has 0 aliphatic carbocycles.